The lowest BCUT2D eigenvalue weighted by atomic mass is 10.1. The topological polar surface area (TPSA) is 127 Å². The Labute approximate surface area is 182 Å². The van der Waals surface area contributed by atoms with Gasteiger partial charge in [-0.15, -0.1) is 0 Å². The van der Waals surface area contributed by atoms with Crippen LogP contribution in [-0.2, 0) is 14.5 Å². The number of nitrogens with zero attached hydrogens (tertiary/aromatic N) is 2. The minimum absolute atomic E-state index is 0.0276. The summed E-state index contributed by atoms with van der Waals surface area (Å²) < 4.78 is 27.3. The van der Waals surface area contributed by atoms with Gasteiger partial charge in [-0.3, -0.25) is 9.52 Å². The number of aromatic nitrogens is 2. The molecule has 0 saturated carbocycles. The number of carbonyl (C=O) groups excluding carboxylic acids is 1. The van der Waals surface area contributed by atoms with Gasteiger partial charge in [-0.25, -0.2) is 18.4 Å². The zero-order valence-electron chi connectivity index (χ0n) is 15.6. The van der Waals surface area contributed by atoms with E-state index in [0.717, 1.165) is 5.56 Å². The van der Waals surface area contributed by atoms with Crippen molar-refractivity contribution in [2.24, 2.45) is 0 Å². The number of fused-ring (bicyclic) bond motifs is 1. The molecule has 3 aromatic rings. The number of sulfonamides is 1. The Hall–Kier alpha value is -2.47. The van der Waals surface area contributed by atoms with Gasteiger partial charge < -0.3 is 11.1 Å². The van der Waals surface area contributed by atoms with E-state index in [0.29, 0.717) is 44.5 Å². The lowest BCUT2D eigenvalue weighted by Gasteiger charge is -2.14. The number of halogens is 1. The van der Waals surface area contributed by atoms with E-state index in [1.807, 2.05) is 0 Å². The first-order valence-electron chi connectivity index (χ1n) is 8.84. The average molecular weight is 525 g/mol. The van der Waals surface area contributed by atoms with Crippen molar-refractivity contribution in [3.05, 3.63) is 53.9 Å². The van der Waals surface area contributed by atoms with Gasteiger partial charge in [0.15, 0.2) is 0 Å². The molecular weight excluding hydrogens is 505 g/mol. The minimum Gasteiger partial charge on any atom is -0.383 e. The summed E-state index contributed by atoms with van der Waals surface area (Å²) in [5, 5.41) is 3.46. The van der Waals surface area contributed by atoms with Crippen LogP contribution < -0.4 is 15.8 Å². The highest BCUT2D eigenvalue weighted by atomic mass is 127. The van der Waals surface area contributed by atoms with Gasteiger partial charge in [0.25, 0.3) is 5.91 Å². The summed E-state index contributed by atoms with van der Waals surface area (Å²) in [4.78, 5) is 21.1. The summed E-state index contributed by atoms with van der Waals surface area (Å²) in [6.45, 7) is 1.80. The van der Waals surface area contributed by atoms with Crippen LogP contribution in [0.15, 0.2) is 42.7 Å². The predicted octanol–water partition coefficient (Wildman–Crippen LogP) is 3.55. The van der Waals surface area contributed by atoms with Gasteiger partial charge in [0.05, 0.1) is 22.5 Å². The van der Waals surface area contributed by atoms with Gasteiger partial charge in [-0.2, -0.15) is 0 Å². The molecule has 0 fully saturated rings. The summed E-state index contributed by atoms with van der Waals surface area (Å²) in [5.74, 6) is -0.0434. The number of para-hydroxylation sites is 1. The van der Waals surface area contributed by atoms with E-state index < -0.39 is 10.0 Å². The number of nitrogen functional groups attached to an aromatic ring is 1. The quantitative estimate of drug-likeness (QED) is 0.320. The molecule has 1 aromatic heterocycles. The Morgan fingerprint density at radius 1 is 1.21 bits per heavy atom. The standard InChI is InChI=1S/C19H20IN5O3S/c1-2-8-29(27,28)25-13-7-6-12(10-20)16(9-13)24-19(26)15-5-3-4-14-17(15)22-11-23-18(14)21/h3-7,9,11,25H,2,8,10H2,1H3,(H,24,26)(H2,21,22,23). The van der Waals surface area contributed by atoms with Crippen LogP contribution >= 0.6 is 22.6 Å². The molecule has 0 bridgehead atoms. The molecule has 0 saturated heterocycles. The van der Waals surface area contributed by atoms with E-state index in [1.165, 1.54) is 6.33 Å². The van der Waals surface area contributed by atoms with Crippen LogP contribution in [0.4, 0.5) is 17.2 Å². The van der Waals surface area contributed by atoms with Crippen LogP contribution in [0.3, 0.4) is 0 Å². The third-order valence-electron chi connectivity index (χ3n) is 4.19. The third kappa shape index (κ3) is 4.93. The highest BCUT2D eigenvalue weighted by Gasteiger charge is 2.16. The smallest absolute Gasteiger partial charge is 0.257 e. The van der Waals surface area contributed by atoms with Crippen molar-refractivity contribution >= 4 is 66.6 Å². The van der Waals surface area contributed by atoms with E-state index in [4.69, 9.17) is 5.73 Å². The van der Waals surface area contributed by atoms with Crippen LogP contribution in [0.25, 0.3) is 10.9 Å². The zero-order valence-corrected chi connectivity index (χ0v) is 18.6. The third-order valence-corrected chi connectivity index (χ3v) is 6.50. The number of carbonyl (C=O) groups is 1. The van der Waals surface area contributed by atoms with Crippen molar-refractivity contribution in [3.8, 4) is 0 Å². The maximum atomic E-state index is 13.0. The molecule has 0 aliphatic heterocycles. The molecule has 4 N–H and O–H groups in total. The van der Waals surface area contributed by atoms with E-state index in [2.05, 4.69) is 42.6 Å². The molecule has 0 aliphatic carbocycles. The molecule has 2 aromatic carbocycles. The van der Waals surface area contributed by atoms with Gasteiger partial charge in [-0.1, -0.05) is 41.6 Å². The number of benzene rings is 2. The largest absolute Gasteiger partial charge is 0.383 e. The Balaban J connectivity index is 1.94. The number of amides is 1. The number of hydrogen-bond acceptors (Lipinski definition) is 6. The molecule has 0 aliphatic rings. The molecular formula is C19H20IN5O3S. The zero-order chi connectivity index (χ0) is 21.0. The molecule has 29 heavy (non-hydrogen) atoms. The van der Waals surface area contributed by atoms with E-state index >= 15 is 0 Å². The second-order valence-electron chi connectivity index (χ2n) is 6.34. The summed E-state index contributed by atoms with van der Waals surface area (Å²) in [6.07, 6.45) is 1.82. The molecule has 0 unspecified atom stereocenters. The second-order valence-corrected chi connectivity index (χ2v) is 8.95. The number of alkyl halides is 1. The number of anilines is 3. The highest BCUT2D eigenvalue weighted by Crippen LogP contribution is 2.26. The van der Waals surface area contributed by atoms with Crippen LogP contribution in [0, 0.1) is 0 Å². The molecule has 1 amide bonds. The molecule has 152 valence electrons. The highest BCUT2D eigenvalue weighted by molar-refractivity contribution is 14.1. The lowest BCUT2D eigenvalue weighted by Crippen LogP contribution is -2.17. The second kappa shape index (κ2) is 8.91. The maximum absolute atomic E-state index is 13.0. The van der Waals surface area contributed by atoms with Crippen molar-refractivity contribution in [1.29, 1.82) is 0 Å². The molecule has 0 spiro atoms. The van der Waals surface area contributed by atoms with Crippen LogP contribution in [0.2, 0.25) is 0 Å². The average Bonchev–Trinajstić information content (AvgIpc) is 2.67. The van der Waals surface area contributed by atoms with Crippen molar-refractivity contribution in [3.63, 3.8) is 0 Å². The molecule has 0 atom stereocenters. The Bertz CT molecular complexity index is 1170. The SMILES string of the molecule is CCCS(=O)(=O)Nc1ccc(CI)c(NC(=O)c2cccc3c(N)ncnc23)c1. The van der Waals surface area contributed by atoms with Crippen molar-refractivity contribution in [2.45, 2.75) is 17.8 Å². The fourth-order valence-electron chi connectivity index (χ4n) is 2.85. The Morgan fingerprint density at radius 2 is 2.00 bits per heavy atom. The van der Waals surface area contributed by atoms with Crippen LogP contribution in [0.1, 0.15) is 29.3 Å². The fraction of sp³-hybridized carbons (Fsp3) is 0.211. The van der Waals surface area contributed by atoms with Gasteiger partial charge in [-0.05, 0) is 36.2 Å². The first-order chi connectivity index (χ1) is 13.8. The Morgan fingerprint density at radius 3 is 2.72 bits per heavy atom. The molecule has 0 radical (unpaired) electrons. The number of hydrogen-bond donors (Lipinski definition) is 3. The van der Waals surface area contributed by atoms with E-state index in [1.54, 1.807) is 43.3 Å². The maximum Gasteiger partial charge on any atom is 0.257 e. The lowest BCUT2D eigenvalue weighted by molar-refractivity contribution is 0.102. The van der Waals surface area contributed by atoms with Gasteiger partial charge in [0.1, 0.15) is 12.1 Å². The first-order valence-corrected chi connectivity index (χ1v) is 12.0. The van der Waals surface area contributed by atoms with Gasteiger partial charge >= 0.3 is 0 Å². The normalized spacial score (nSPS) is 11.4. The van der Waals surface area contributed by atoms with Crippen molar-refractivity contribution < 1.29 is 13.2 Å². The molecule has 3 rings (SSSR count). The van der Waals surface area contributed by atoms with E-state index in [-0.39, 0.29) is 11.7 Å². The first kappa shape index (κ1) is 21.2. The van der Waals surface area contributed by atoms with Gasteiger partial charge in [0.2, 0.25) is 10.0 Å². The number of nitrogens with two attached hydrogens (primary N) is 1. The molecule has 8 nitrogen and oxygen atoms in total. The Kier molecular flexibility index (Phi) is 6.52. The van der Waals surface area contributed by atoms with Crippen LogP contribution in [0.5, 0.6) is 0 Å². The molecule has 1 heterocycles. The number of nitrogens with one attached hydrogen (secondary N) is 2. The summed E-state index contributed by atoms with van der Waals surface area (Å²) in [6, 6.07) is 10.2. The van der Waals surface area contributed by atoms with Crippen LogP contribution in [-0.4, -0.2) is 30.0 Å². The minimum atomic E-state index is -3.43. The van der Waals surface area contributed by atoms with Gasteiger partial charge in [0, 0.05) is 15.5 Å². The molecule has 10 heteroatoms. The monoisotopic (exact) mass is 525 g/mol. The fourth-order valence-corrected chi connectivity index (χ4v) is 4.64. The predicted molar refractivity (Wildman–Crippen MR) is 124 cm³/mol. The summed E-state index contributed by atoms with van der Waals surface area (Å²) in [5.41, 5.74) is 8.47. The van der Waals surface area contributed by atoms with Crippen molar-refractivity contribution in [1.82, 2.24) is 9.97 Å². The summed E-state index contributed by atoms with van der Waals surface area (Å²) in [7, 11) is -3.43. The van der Waals surface area contributed by atoms with Crippen molar-refractivity contribution in [2.75, 3.05) is 21.5 Å². The summed E-state index contributed by atoms with van der Waals surface area (Å²) >= 11 is 2.19. The number of rotatable bonds is 7. The van der Waals surface area contributed by atoms with E-state index in [9.17, 15) is 13.2 Å².